The molecule has 0 aliphatic carbocycles. The fourth-order valence-electron chi connectivity index (χ4n) is 6.92. The summed E-state index contributed by atoms with van der Waals surface area (Å²) in [6, 6.07) is 18.4. The summed E-state index contributed by atoms with van der Waals surface area (Å²) in [5.74, 6) is 3.23. The highest BCUT2D eigenvalue weighted by atomic mass is 16.5. The van der Waals surface area contributed by atoms with Crippen molar-refractivity contribution >= 4 is 11.7 Å². The van der Waals surface area contributed by atoms with Crippen molar-refractivity contribution in [2.24, 2.45) is 17.6 Å². The first kappa shape index (κ1) is 25.6. The van der Waals surface area contributed by atoms with E-state index >= 15 is 0 Å². The summed E-state index contributed by atoms with van der Waals surface area (Å²) < 4.78 is 8.03. The van der Waals surface area contributed by atoms with Crippen LogP contribution in [0.2, 0.25) is 0 Å². The predicted molar refractivity (Wildman–Crippen MR) is 156 cm³/mol. The molecular formula is C31H39N7O2. The predicted octanol–water partition coefficient (Wildman–Crippen LogP) is 3.41. The van der Waals surface area contributed by atoms with E-state index in [0.717, 1.165) is 54.9 Å². The highest BCUT2D eigenvalue weighted by Crippen LogP contribution is 2.40. The third-order valence-corrected chi connectivity index (χ3v) is 9.27. The van der Waals surface area contributed by atoms with Gasteiger partial charge >= 0.3 is 0 Å². The number of nitrogens with one attached hydrogen (secondary N) is 2. The zero-order valence-corrected chi connectivity index (χ0v) is 23.0. The molecule has 2 aromatic carbocycles. The van der Waals surface area contributed by atoms with Crippen LogP contribution in [0.3, 0.4) is 0 Å². The molecule has 3 fully saturated rings. The minimum atomic E-state index is -0.448. The van der Waals surface area contributed by atoms with Gasteiger partial charge in [-0.15, -0.1) is 0 Å². The van der Waals surface area contributed by atoms with Crippen LogP contribution in [-0.4, -0.2) is 83.9 Å². The average molecular weight is 542 g/mol. The molecule has 5 heterocycles. The van der Waals surface area contributed by atoms with E-state index < -0.39 is 5.91 Å². The number of ether oxygens (including phenoxy) is 1. The van der Waals surface area contributed by atoms with E-state index in [0.29, 0.717) is 23.2 Å². The largest absolute Gasteiger partial charge is 0.457 e. The number of piperidine rings is 1. The van der Waals surface area contributed by atoms with E-state index in [1.54, 1.807) is 0 Å². The summed E-state index contributed by atoms with van der Waals surface area (Å²) >= 11 is 0. The van der Waals surface area contributed by atoms with E-state index in [4.69, 9.17) is 15.6 Å². The van der Waals surface area contributed by atoms with Gasteiger partial charge in [-0.1, -0.05) is 18.2 Å². The number of carbonyl (C=O) groups is 1. The summed E-state index contributed by atoms with van der Waals surface area (Å²) in [4.78, 5) is 18.0. The van der Waals surface area contributed by atoms with Crippen LogP contribution < -0.4 is 21.1 Å². The molecule has 1 amide bonds. The molecule has 9 nitrogen and oxygen atoms in total. The number of likely N-dealkylation sites (tertiary alicyclic amines) is 2. The number of anilines is 1. The number of hydrogen-bond acceptors (Lipinski definition) is 7. The molecule has 1 aromatic heterocycles. The third kappa shape index (κ3) is 4.98. The zero-order chi connectivity index (χ0) is 27.1. The van der Waals surface area contributed by atoms with Gasteiger partial charge in [-0.3, -0.25) is 14.6 Å². The Bertz CT molecular complexity index is 1320. The molecule has 0 spiro atoms. The first-order chi connectivity index (χ1) is 19.6. The fraction of sp³-hybridized carbons (Fsp3) is 0.484. The minimum Gasteiger partial charge on any atom is -0.457 e. The quantitative estimate of drug-likeness (QED) is 0.402. The van der Waals surface area contributed by atoms with Gasteiger partial charge in [0.2, 0.25) is 0 Å². The monoisotopic (exact) mass is 541 g/mol. The Morgan fingerprint density at radius 3 is 2.38 bits per heavy atom. The van der Waals surface area contributed by atoms with Gasteiger partial charge in [0.25, 0.3) is 5.91 Å². The Morgan fingerprint density at radius 2 is 1.70 bits per heavy atom. The number of primary amides is 1. The molecular weight excluding hydrogens is 502 g/mol. The van der Waals surface area contributed by atoms with Gasteiger partial charge < -0.3 is 21.1 Å². The lowest BCUT2D eigenvalue weighted by Gasteiger charge is -2.50. The van der Waals surface area contributed by atoms with Crippen LogP contribution in [-0.2, 0) is 0 Å². The number of amides is 1. The Labute approximate surface area is 235 Å². The van der Waals surface area contributed by atoms with Crippen molar-refractivity contribution in [3.05, 3.63) is 60.2 Å². The second-order valence-electron chi connectivity index (χ2n) is 11.9. The van der Waals surface area contributed by atoms with Gasteiger partial charge in [-0.05, 0) is 80.6 Å². The van der Waals surface area contributed by atoms with Crippen molar-refractivity contribution in [3.8, 4) is 22.8 Å². The molecule has 3 aromatic rings. The van der Waals surface area contributed by atoms with Crippen LogP contribution in [0.4, 0.5) is 5.82 Å². The smallest absolute Gasteiger partial charge is 0.254 e. The van der Waals surface area contributed by atoms with E-state index in [1.807, 2.05) is 54.6 Å². The van der Waals surface area contributed by atoms with E-state index in [-0.39, 0.29) is 6.04 Å². The number of hydrogen-bond donors (Lipinski definition) is 3. The SMILES string of the molecule is NC(=O)c1c(-c2ccc(Oc3ccccc3)cc2)nn2c1NCC[C@H]2C1CCN(C2CN(CC3CNC3)C2)CC1. The summed E-state index contributed by atoms with van der Waals surface area (Å²) in [5.41, 5.74) is 7.91. The molecule has 0 unspecified atom stereocenters. The summed E-state index contributed by atoms with van der Waals surface area (Å²) in [6.45, 7) is 9.19. The first-order valence-corrected chi connectivity index (χ1v) is 14.8. The maximum atomic E-state index is 12.7. The average Bonchev–Trinajstić information content (AvgIpc) is 3.33. The van der Waals surface area contributed by atoms with Crippen molar-refractivity contribution in [2.45, 2.75) is 31.3 Å². The lowest BCUT2D eigenvalue weighted by molar-refractivity contribution is -0.00300. The van der Waals surface area contributed by atoms with Gasteiger partial charge in [-0.25, -0.2) is 4.68 Å². The number of fused-ring (bicyclic) bond motifs is 1. The molecule has 0 bridgehead atoms. The number of nitrogens with zero attached hydrogens (tertiary/aromatic N) is 4. The second-order valence-corrected chi connectivity index (χ2v) is 11.9. The molecule has 4 N–H and O–H groups in total. The molecule has 0 radical (unpaired) electrons. The third-order valence-electron chi connectivity index (χ3n) is 9.27. The lowest BCUT2D eigenvalue weighted by Crippen LogP contribution is -2.63. The van der Waals surface area contributed by atoms with Gasteiger partial charge in [0.1, 0.15) is 28.6 Å². The highest BCUT2D eigenvalue weighted by Gasteiger charge is 2.39. The number of carbonyl (C=O) groups excluding carboxylic acids is 1. The topological polar surface area (TPSA) is 101 Å². The Hall–Kier alpha value is -3.40. The molecule has 210 valence electrons. The van der Waals surface area contributed by atoms with Crippen LogP contribution >= 0.6 is 0 Å². The Balaban J connectivity index is 1.04. The van der Waals surface area contributed by atoms with E-state index in [1.165, 1.54) is 45.6 Å². The highest BCUT2D eigenvalue weighted by molar-refractivity contribution is 6.03. The Kier molecular flexibility index (Phi) is 6.95. The van der Waals surface area contributed by atoms with Crippen molar-refractivity contribution in [1.29, 1.82) is 0 Å². The van der Waals surface area contributed by atoms with Crippen LogP contribution in [0.25, 0.3) is 11.3 Å². The maximum Gasteiger partial charge on any atom is 0.254 e. The van der Waals surface area contributed by atoms with E-state index in [9.17, 15) is 4.79 Å². The van der Waals surface area contributed by atoms with Crippen LogP contribution in [0.1, 0.15) is 35.7 Å². The molecule has 40 heavy (non-hydrogen) atoms. The van der Waals surface area contributed by atoms with Gasteiger partial charge in [-0.2, -0.15) is 5.10 Å². The molecule has 4 aliphatic rings. The number of rotatable bonds is 8. The Morgan fingerprint density at radius 1 is 0.975 bits per heavy atom. The van der Waals surface area contributed by atoms with Gasteiger partial charge in [0.15, 0.2) is 0 Å². The van der Waals surface area contributed by atoms with Crippen molar-refractivity contribution < 1.29 is 9.53 Å². The summed E-state index contributed by atoms with van der Waals surface area (Å²) in [6.07, 6.45) is 3.34. The van der Waals surface area contributed by atoms with Crippen molar-refractivity contribution in [2.75, 3.05) is 57.7 Å². The zero-order valence-electron chi connectivity index (χ0n) is 23.0. The minimum absolute atomic E-state index is 0.273. The van der Waals surface area contributed by atoms with Crippen LogP contribution in [0.15, 0.2) is 54.6 Å². The number of benzene rings is 2. The second kappa shape index (κ2) is 10.9. The first-order valence-electron chi connectivity index (χ1n) is 14.8. The van der Waals surface area contributed by atoms with Gasteiger partial charge in [0.05, 0.1) is 6.04 Å². The van der Waals surface area contributed by atoms with Gasteiger partial charge in [0, 0.05) is 50.9 Å². The number of aromatic nitrogens is 2. The molecule has 1 atom stereocenters. The standard InChI is InChI=1S/C31H39N7O2/c32-30(39)28-29(23-6-8-26(9-7-23)40-25-4-2-1-3-5-25)35-38-27(10-13-34-31(28)38)22-11-14-37(15-12-22)24-19-36(20-24)18-21-16-33-17-21/h1-9,21-22,24,27,33-34H,10-20H2,(H2,32,39)/t27-/m0/s1. The molecule has 7 rings (SSSR count). The number of para-hydroxylation sites is 1. The molecule has 9 heteroatoms. The molecule has 0 saturated carbocycles. The van der Waals surface area contributed by atoms with Crippen LogP contribution in [0, 0.1) is 11.8 Å². The molecule has 3 saturated heterocycles. The lowest BCUT2D eigenvalue weighted by atomic mass is 9.85. The fourth-order valence-corrected chi connectivity index (χ4v) is 6.92. The van der Waals surface area contributed by atoms with Crippen molar-refractivity contribution in [1.82, 2.24) is 24.9 Å². The number of nitrogens with two attached hydrogens (primary N) is 1. The maximum absolute atomic E-state index is 12.7. The summed E-state index contributed by atoms with van der Waals surface area (Å²) in [5, 5.41) is 11.9. The molecule has 4 aliphatic heterocycles. The normalized spacial score (nSPS) is 22.6. The van der Waals surface area contributed by atoms with Crippen molar-refractivity contribution in [3.63, 3.8) is 0 Å². The van der Waals surface area contributed by atoms with Crippen LogP contribution in [0.5, 0.6) is 11.5 Å². The summed E-state index contributed by atoms with van der Waals surface area (Å²) in [7, 11) is 0. The van der Waals surface area contributed by atoms with E-state index in [2.05, 4.69) is 25.1 Å².